The Labute approximate surface area is 184 Å². The van der Waals surface area contributed by atoms with Crippen molar-refractivity contribution >= 4 is 23.9 Å². The Morgan fingerprint density at radius 1 is 1.28 bits per heavy atom. The van der Waals surface area contributed by atoms with E-state index in [4.69, 9.17) is 10.5 Å². The van der Waals surface area contributed by atoms with Gasteiger partial charge in [0.05, 0.1) is 6.61 Å². The molecule has 1 aromatic rings. The molecule has 0 aliphatic carbocycles. The van der Waals surface area contributed by atoms with Crippen molar-refractivity contribution in [1.82, 2.24) is 10.2 Å². The fourth-order valence-electron chi connectivity index (χ4n) is 2.99. The monoisotopic (exact) mass is 458 g/mol. The average Bonchev–Trinajstić information content (AvgIpc) is 2.59. The normalized spacial score (nSPS) is 15.0. The van der Waals surface area contributed by atoms with Gasteiger partial charge in [-0.1, -0.05) is 0 Å². The summed E-state index contributed by atoms with van der Waals surface area (Å²) in [5.74, 6) is -0.336. The average molecular weight is 458 g/mol. The highest BCUT2D eigenvalue weighted by Crippen LogP contribution is 2.21. The molecule has 8 nitrogen and oxygen atoms in total. The molecule has 0 bridgehead atoms. The van der Waals surface area contributed by atoms with Crippen molar-refractivity contribution in [3.05, 3.63) is 28.8 Å². The number of nitrogen functional groups attached to an aromatic ring is 1. The Bertz CT molecular complexity index is 860. The number of carbonyl (C=O) groups excluding carboxylic acids is 2. The molecule has 2 rings (SSSR count). The van der Waals surface area contributed by atoms with Crippen LogP contribution in [0.5, 0.6) is 0 Å². The Morgan fingerprint density at radius 2 is 1.94 bits per heavy atom. The molecule has 2 amide bonds. The molecule has 1 heterocycles. The highest BCUT2D eigenvalue weighted by molar-refractivity contribution is 5.99. The molecule has 32 heavy (non-hydrogen) atoms. The standard InChI is InChI=1S/C21H29F3N4O4/c1-13-7-17(25)15(8-16(13)18(29)27-5-6-31-21(22,23)24)10-26-9-14-11-28(12-14)19(30)32-20(2,3)4/h7-8,10,14H,5-6,9,11-12,25H2,1-4H3,(H,27,29). The number of amides is 2. The van der Waals surface area contributed by atoms with Crippen LogP contribution >= 0.6 is 0 Å². The van der Waals surface area contributed by atoms with Crippen molar-refractivity contribution in [2.45, 2.75) is 39.7 Å². The number of aliphatic imine (C=N–C) groups is 1. The largest absolute Gasteiger partial charge is 0.522 e. The molecule has 0 radical (unpaired) electrons. The van der Waals surface area contributed by atoms with E-state index in [1.54, 1.807) is 30.2 Å². The smallest absolute Gasteiger partial charge is 0.444 e. The van der Waals surface area contributed by atoms with E-state index in [0.717, 1.165) is 0 Å². The van der Waals surface area contributed by atoms with Gasteiger partial charge >= 0.3 is 12.5 Å². The number of rotatable bonds is 7. The third-order valence-corrected chi connectivity index (χ3v) is 4.53. The van der Waals surface area contributed by atoms with Crippen molar-refractivity contribution in [3.8, 4) is 0 Å². The summed E-state index contributed by atoms with van der Waals surface area (Å²) < 4.78 is 45.0. The fourth-order valence-corrected chi connectivity index (χ4v) is 2.99. The summed E-state index contributed by atoms with van der Waals surface area (Å²) in [4.78, 5) is 30.2. The number of likely N-dealkylation sites (tertiary alicyclic amines) is 1. The molecule has 0 saturated carbocycles. The summed E-state index contributed by atoms with van der Waals surface area (Å²) in [5, 5.41) is 2.38. The number of carbonyl (C=O) groups is 2. The van der Waals surface area contributed by atoms with Crippen molar-refractivity contribution in [2.24, 2.45) is 10.9 Å². The first-order valence-corrected chi connectivity index (χ1v) is 10.1. The second-order valence-electron chi connectivity index (χ2n) is 8.59. The number of benzene rings is 1. The second-order valence-corrected chi connectivity index (χ2v) is 8.59. The first-order chi connectivity index (χ1) is 14.7. The van der Waals surface area contributed by atoms with Gasteiger partial charge in [-0.3, -0.25) is 14.5 Å². The minimum absolute atomic E-state index is 0.196. The van der Waals surface area contributed by atoms with Gasteiger partial charge < -0.3 is 20.7 Å². The minimum atomic E-state index is -4.74. The van der Waals surface area contributed by atoms with E-state index in [1.165, 1.54) is 0 Å². The molecule has 1 saturated heterocycles. The highest BCUT2D eigenvalue weighted by atomic mass is 19.4. The van der Waals surface area contributed by atoms with Crippen LogP contribution in [0.4, 0.5) is 23.7 Å². The predicted octanol–water partition coefficient (Wildman–Crippen LogP) is 3.13. The number of nitrogens with one attached hydrogen (secondary N) is 1. The van der Waals surface area contributed by atoms with Gasteiger partial charge in [0.1, 0.15) is 5.60 Å². The van der Waals surface area contributed by atoms with Crippen molar-refractivity contribution in [3.63, 3.8) is 0 Å². The number of alkyl halides is 3. The van der Waals surface area contributed by atoms with Crippen molar-refractivity contribution in [2.75, 3.05) is 38.5 Å². The number of hydrogen-bond donors (Lipinski definition) is 2. The number of ether oxygens (including phenoxy) is 2. The maximum Gasteiger partial charge on any atom is 0.522 e. The molecule has 0 spiro atoms. The molecule has 1 fully saturated rings. The third kappa shape index (κ3) is 8.03. The van der Waals surface area contributed by atoms with Crippen LogP contribution in [0.2, 0.25) is 0 Å². The van der Waals surface area contributed by atoms with Crippen LogP contribution < -0.4 is 11.1 Å². The quantitative estimate of drug-likeness (QED) is 0.371. The zero-order valence-corrected chi connectivity index (χ0v) is 18.6. The lowest BCUT2D eigenvalue weighted by molar-refractivity contribution is -0.323. The number of hydrogen-bond acceptors (Lipinski definition) is 6. The van der Waals surface area contributed by atoms with E-state index in [1.807, 2.05) is 20.8 Å². The Kier molecular flexibility index (Phi) is 8.11. The van der Waals surface area contributed by atoms with Gasteiger partial charge in [0, 0.05) is 55.1 Å². The van der Waals surface area contributed by atoms with Gasteiger partial charge in [-0.05, 0) is 45.4 Å². The molecule has 11 heteroatoms. The van der Waals surface area contributed by atoms with Gasteiger partial charge in [0.25, 0.3) is 5.91 Å². The Balaban J connectivity index is 1.88. The number of halogens is 3. The number of anilines is 1. The zero-order chi connectivity index (χ0) is 24.1. The van der Waals surface area contributed by atoms with Gasteiger partial charge in [0.15, 0.2) is 0 Å². The Morgan fingerprint density at radius 3 is 2.53 bits per heavy atom. The first kappa shape index (κ1) is 25.4. The maximum absolute atomic E-state index is 12.3. The van der Waals surface area contributed by atoms with Crippen LogP contribution in [-0.4, -0.2) is 67.9 Å². The molecular formula is C21H29F3N4O4. The van der Waals surface area contributed by atoms with Crippen LogP contribution in [0.25, 0.3) is 0 Å². The minimum Gasteiger partial charge on any atom is -0.444 e. The lowest BCUT2D eigenvalue weighted by Crippen LogP contribution is -2.52. The summed E-state index contributed by atoms with van der Waals surface area (Å²) >= 11 is 0. The Hall–Kier alpha value is -2.82. The van der Waals surface area contributed by atoms with E-state index in [9.17, 15) is 22.8 Å². The van der Waals surface area contributed by atoms with E-state index in [0.29, 0.717) is 36.4 Å². The predicted molar refractivity (Wildman–Crippen MR) is 114 cm³/mol. The number of nitrogens with zero attached hydrogens (tertiary/aromatic N) is 2. The van der Waals surface area contributed by atoms with E-state index in [-0.39, 0.29) is 24.1 Å². The lowest BCUT2D eigenvalue weighted by atomic mass is 10.0. The molecule has 1 aliphatic rings. The van der Waals surface area contributed by atoms with Crippen LogP contribution in [-0.2, 0) is 9.47 Å². The zero-order valence-electron chi connectivity index (χ0n) is 18.6. The SMILES string of the molecule is Cc1cc(N)c(C=NCC2CN(C(=O)OC(C)(C)C)C2)cc1C(=O)NCCOC(F)(F)F. The molecule has 1 aliphatic heterocycles. The summed E-state index contributed by atoms with van der Waals surface area (Å²) in [6.07, 6.45) is -3.54. The topological polar surface area (TPSA) is 106 Å². The van der Waals surface area contributed by atoms with E-state index >= 15 is 0 Å². The van der Waals surface area contributed by atoms with Gasteiger partial charge in [-0.15, -0.1) is 13.2 Å². The van der Waals surface area contributed by atoms with E-state index < -0.39 is 24.5 Å². The van der Waals surface area contributed by atoms with Crippen LogP contribution in [0.1, 0.15) is 42.3 Å². The van der Waals surface area contributed by atoms with Gasteiger partial charge in [-0.25, -0.2) is 4.79 Å². The highest BCUT2D eigenvalue weighted by Gasteiger charge is 2.33. The fraction of sp³-hybridized carbons (Fsp3) is 0.571. The maximum atomic E-state index is 12.3. The van der Waals surface area contributed by atoms with Crippen LogP contribution in [0.15, 0.2) is 17.1 Å². The number of nitrogens with two attached hydrogens (primary N) is 1. The van der Waals surface area contributed by atoms with Crippen LogP contribution in [0.3, 0.4) is 0 Å². The molecule has 178 valence electrons. The summed E-state index contributed by atoms with van der Waals surface area (Å²) in [7, 11) is 0. The molecule has 0 atom stereocenters. The molecule has 3 N–H and O–H groups in total. The molecular weight excluding hydrogens is 429 g/mol. The van der Waals surface area contributed by atoms with Crippen molar-refractivity contribution < 1.29 is 32.2 Å². The van der Waals surface area contributed by atoms with Crippen molar-refractivity contribution in [1.29, 1.82) is 0 Å². The summed E-state index contributed by atoms with van der Waals surface area (Å²) in [6, 6.07) is 3.15. The van der Waals surface area contributed by atoms with Gasteiger partial charge in [0.2, 0.25) is 0 Å². The summed E-state index contributed by atoms with van der Waals surface area (Å²) in [6.45, 7) is 7.70. The molecule has 1 aromatic carbocycles. The van der Waals surface area contributed by atoms with E-state index in [2.05, 4.69) is 15.0 Å². The number of aryl methyl sites for hydroxylation is 1. The molecule has 0 aromatic heterocycles. The van der Waals surface area contributed by atoms with Crippen LogP contribution in [0, 0.1) is 12.8 Å². The lowest BCUT2D eigenvalue weighted by Gasteiger charge is -2.39. The second kappa shape index (κ2) is 10.2. The van der Waals surface area contributed by atoms with Gasteiger partial charge in [-0.2, -0.15) is 0 Å². The summed E-state index contributed by atoms with van der Waals surface area (Å²) in [5.41, 5.74) is 7.28. The molecule has 0 unspecified atom stereocenters. The third-order valence-electron chi connectivity index (χ3n) is 4.53. The first-order valence-electron chi connectivity index (χ1n) is 10.1.